The van der Waals surface area contributed by atoms with Crippen molar-refractivity contribution in [1.82, 2.24) is 9.78 Å². The van der Waals surface area contributed by atoms with Crippen molar-refractivity contribution in [3.8, 4) is 22.6 Å². The molecule has 0 unspecified atom stereocenters. The SMILES string of the molecule is COc1ccc(-c2c(OC)cnn(Cc3ccccc3)c2=O)cc1. The van der Waals surface area contributed by atoms with Gasteiger partial charge in [0.05, 0.1) is 32.5 Å². The van der Waals surface area contributed by atoms with Crippen LogP contribution in [0.2, 0.25) is 0 Å². The minimum Gasteiger partial charge on any atom is -0.497 e. The third-order valence-corrected chi connectivity index (χ3v) is 3.78. The Bertz CT molecular complexity index is 871. The van der Waals surface area contributed by atoms with Gasteiger partial charge in [-0.15, -0.1) is 0 Å². The molecule has 0 N–H and O–H groups in total. The van der Waals surface area contributed by atoms with Crippen molar-refractivity contribution in [2.45, 2.75) is 6.54 Å². The Kier molecular flexibility index (Phi) is 4.61. The van der Waals surface area contributed by atoms with Crippen LogP contribution in [-0.2, 0) is 6.54 Å². The number of benzene rings is 2. The van der Waals surface area contributed by atoms with Crippen LogP contribution in [0.25, 0.3) is 11.1 Å². The molecule has 0 amide bonds. The summed E-state index contributed by atoms with van der Waals surface area (Å²) in [6.07, 6.45) is 1.57. The molecule has 0 spiro atoms. The van der Waals surface area contributed by atoms with Gasteiger partial charge in [-0.1, -0.05) is 42.5 Å². The van der Waals surface area contributed by atoms with Gasteiger partial charge in [-0.2, -0.15) is 5.10 Å². The maximum absolute atomic E-state index is 12.9. The zero-order valence-corrected chi connectivity index (χ0v) is 13.6. The third-order valence-electron chi connectivity index (χ3n) is 3.78. The lowest BCUT2D eigenvalue weighted by atomic mass is 10.1. The van der Waals surface area contributed by atoms with Crippen LogP contribution in [0.3, 0.4) is 0 Å². The number of ether oxygens (including phenoxy) is 2. The highest BCUT2D eigenvalue weighted by atomic mass is 16.5. The van der Waals surface area contributed by atoms with E-state index in [1.165, 1.54) is 11.8 Å². The molecule has 5 nitrogen and oxygen atoms in total. The zero-order valence-electron chi connectivity index (χ0n) is 13.6. The topological polar surface area (TPSA) is 53.4 Å². The Labute approximate surface area is 140 Å². The molecule has 0 fully saturated rings. The second kappa shape index (κ2) is 7.00. The predicted molar refractivity (Wildman–Crippen MR) is 92.6 cm³/mol. The first-order valence-corrected chi connectivity index (χ1v) is 7.55. The van der Waals surface area contributed by atoms with E-state index in [1.54, 1.807) is 13.3 Å². The van der Waals surface area contributed by atoms with Gasteiger partial charge in [0, 0.05) is 0 Å². The minimum atomic E-state index is -0.191. The van der Waals surface area contributed by atoms with Crippen molar-refractivity contribution in [2.75, 3.05) is 14.2 Å². The molecule has 0 saturated carbocycles. The third kappa shape index (κ3) is 3.15. The Morgan fingerprint density at radius 2 is 1.67 bits per heavy atom. The zero-order chi connectivity index (χ0) is 16.9. The standard InChI is InChI=1S/C19H18N2O3/c1-23-16-10-8-15(9-11-16)18-17(24-2)12-20-21(19(18)22)13-14-6-4-3-5-7-14/h3-12H,13H2,1-2H3. The van der Waals surface area contributed by atoms with Gasteiger partial charge >= 0.3 is 0 Å². The average Bonchev–Trinajstić information content (AvgIpc) is 2.64. The van der Waals surface area contributed by atoms with E-state index in [0.717, 1.165) is 16.9 Å². The summed E-state index contributed by atoms with van der Waals surface area (Å²) in [5, 5.41) is 4.22. The van der Waals surface area contributed by atoms with E-state index < -0.39 is 0 Å². The van der Waals surface area contributed by atoms with E-state index in [1.807, 2.05) is 54.6 Å². The molecule has 1 aromatic heterocycles. The van der Waals surface area contributed by atoms with Crippen molar-refractivity contribution in [2.24, 2.45) is 0 Å². The molecular formula is C19H18N2O3. The minimum absolute atomic E-state index is 0.191. The molecule has 0 aliphatic rings. The fraction of sp³-hybridized carbons (Fsp3) is 0.158. The summed E-state index contributed by atoms with van der Waals surface area (Å²) in [4.78, 5) is 12.9. The molecule has 0 radical (unpaired) electrons. The molecular weight excluding hydrogens is 304 g/mol. The van der Waals surface area contributed by atoms with E-state index in [9.17, 15) is 4.79 Å². The summed E-state index contributed by atoms with van der Waals surface area (Å²) in [6, 6.07) is 17.1. The first-order chi connectivity index (χ1) is 11.7. The number of aromatic nitrogens is 2. The molecule has 1 heterocycles. The molecule has 3 aromatic rings. The molecule has 24 heavy (non-hydrogen) atoms. The Morgan fingerprint density at radius 3 is 2.29 bits per heavy atom. The number of hydrogen-bond acceptors (Lipinski definition) is 4. The van der Waals surface area contributed by atoms with Crippen molar-refractivity contribution in [3.05, 3.63) is 76.7 Å². The van der Waals surface area contributed by atoms with Gasteiger partial charge in [-0.25, -0.2) is 4.68 Å². The Hall–Kier alpha value is -3.08. The van der Waals surface area contributed by atoms with E-state index in [0.29, 0.717) is 17.9 Å². The molecule has 0 atom stereocenters. The lowest BCUT2D eigenvalue weighted by Gasteiger charge is -2.12. The van der Waals surface area contributed by atoms with E-state index >= 15 is 0 Å². The van der Waals surface area contributed by atoms with Crippen molar-refractivity contribution in [1.29, 1.82) is 0 Å². The molecule has 5 heteroatoms. The maximum atomic E-state index is 12.9. The highest BCUT2D eigenvalue weighted by molar-refractivity contribution is 5.69. The van der Waals surface area contributed by atoms with Crippen molar-refractivity contribution >= 4 is 0 Å². The normalized spacial score (nSPS) is 10.4. The monoisotopic (exact) mass is 322 g/mol. The average molecular weight is 322 g/mol. The number of nitrogens with zero attached hydrogens (tertiary/aromatic N) is 2. The fourth-order valence-electron chi connectivity index (χ4n) is 2.52. The highest BCUT2D eigenvalue weighted by Gasteiger charge is 2.14. The lowest BCUT2D eigenvalue weighted by molar-refractivity contribution is 0.408. The molecule has 122 valence electrons. The smallest absolute Gasteiger partial charge is 0.278 e. The molecule has 0 saturated heterocycles. The van der Waals surface area contributed by atoms with E-state index in [4.69, 9.17) is 9.47 Å². The Balaban J connectivity index is 2.06. The van der Waals surface area contributed by atoms with Gasteiger partial charge in [0.25, 0.3) is 5.56 Å². The molecule has 0 bridgehead atoms. The van der Waals surface area contributed by atoms with Gasteiger partial charge in [0.15, 0.2) is 5.75 Å². The first kappa shape index (κ1) is 15.8. The van der Waals surface area contributed by atoms with Crippen LogP contribution in [0.4, 0.5) is 0 Å². The predicted octanol–water partition coefficient (Wildman–Crippen LogP) is 2.98. The van der Waals surface area contributed by atoms with Gasteiger partial charge in [-0.05, 0) is 23.3 Å². The highest BCUT2D eigenvalue weighted by Crippen LogP contribution is 2.27. The second-order valence-corrected chi connectivity index (χ2v) is 5.26. The Morgan fingerprint density at radius 1 is 0.958 bits per heavy atom. The largest absolute Gasteiger partial charge is 0.497 e. The van der Waals surface area contributed by atoms with Gasteiger partial charge in [0.2, 0.25) is 0 Å². The van der Waals surface area contributed by atoms with Gasteiger partial charge < -0.3 is 9.47 Å². The number of methoxy groups -OCH3 is 2. The van der Waals surface area contributed by atoms with Crippen LogP contribution >= 0.6 is 0 Å². The van der Waals surface area contributed by atoms with Crippen LogP contribution < -0.4 is 15.0 Å². The maximum Gasteiger partial charge on any atom is 0.278 e. The number of hydrogen-bond donors (Lipinski definition) is 0. The summed E-state index contributed by atoms with van der Waals surface area (Å²) >= 11 is 0. The number of rotatable bonds is 5. The summed E-state index contributed by atoms with van der Waals surface area (Å²) < 4.78 is 11.9. The van der Waals surface area contributed by atoms with Gasteiger partial charge in [0.1, 0.15) is 5.75 Å². The first-order valence-electron chi connectivity index (χ1n) is 7.55. The van der Waals surface area contributed by atoms with Crippen molar-refractivity contribution < 1.29 is 9.47 Å². The quantitative estimate of drug-likeness (QED) is 0.725. The van der Waals surface area contributed by atoms with E-state index in [2.05, 4.69) is 5.10 Å². The van der Waals surface area contributed by atoms with E-state index in [-0.39, 0.29) is 5.56 Å². The molecule has 0 aliphatic heterocycles. The van der Waals surface area contributed by atoms with Crippen LogP contribution in [0.15, 0.2) is 65.6 Å². The van der Waals surface area contributed by atoms with Crippen LogP contribution in [0.1, 0.15) is 5.56 Å². The summed E-state index contributed by atoms with van der Waals surface area (Å²) in [6.45, 7) is 0.410. The molecule has 0 aliphatic carbocycles. The summed E-state index contributed by atoms with van der Waals surface area (Å²) in [5.74, 6) is 1.19. The molecule has 3 rings (SSSR count). The van der Waals surface area contributed by atoms with Crippen LogP contribution in [0, 0.1) is 0 Å². The fourth-order valence-corrected chi connectivity index (χ4v) is 2.52. The van der Waals surface area contributed by atoms with Gasteiger partial charge in [-0.3, -0.25) is 4.79 Å². The summed E-state index contributed by atoms with van der Waals surface area (Å²) in [5.41, 5.74) is 2.08. The lowest BCUT2D eigenvalue weighted by Crippen LogP contribution is -2.25. The molecule has 2 aromatic carbocycles. The van der Waals surface area contributed by atoms with Crippen LogP contribution in [0.5, 0.6) is 11.5 Å². The van der Waals surface area contributed by atoms with Crippen molar-refractivity contribution in [3.63, 3.8) is 0 Å². The second-order valence-electron chi connectivity index (χ2n) is 5.26. The summed E-state index contributed by atoms with van der Waals surface area (Å²) in [7, 11) is 3.14. The van der Waals surface area contributed by atoms with Crippen LogP contribution in [-0.4, -0.2) is 24.0 Å².